The van der Waals surface area contributed by atoms with E-state index in [1.165, 1.54) is 0 Å². The summed E-state index contributed by atoms with van der Waals surface area (Å²) in [4.78, 5) is 12.4. The SMILES string of the molecule is C#CCC(CC)NC(=O)C(C)(C)c1ccc(N)cc1. The summed E-state index contributed by atoms with van der Waals surface area (Å²) in [5.74, 6) is 2.58. The van der Waals surface area contributed by atoms with Gasteiger partial charge in [-0.3, -0.25) is 4.79 Å². The number of hydrogen-bond acceptors (Lipinski definition) is 2. The molecule has 1 unspecified atom stereocenters. The molecule has 19 heavy (non-hydrogen) atoms. The average Bonchev–Trinajstić information content (AvgIpc) is 2.38. The third kappa shape index (κ3) is 3.75. The van der Waals surface area contributed by atoms with Crippen molar-refractivity contribution >= 4 is 11.6 Å². The molecule has 3 nitrogen and oxygen atoms in total. The third-order valence-corrected chi connectivity index (χ3v) is 3.39. The van der Waals surface area contributed by atoms with Crippen molar-refractivity contribution in [2.24, 2.45) is 0 Å². The number of carbonyl (C=O) groups excluding carboxylic acids is 1. The maximum absolute atomic E-state index is 12.4. The number of carbonyl (C=O) groups is 1. The van der Waals surface area contributed by atoms with Crippen molar-refractivity contribution in [2.45, 2.75) is 45.1 Å². The van der Waals surface area contributed by atoms with E-state index in [-0.39, 0.29) is 11.9 Å². The van der Waals surface area contributed by atoms with Crippen LogP contribution in [0.25, 0.3) is 0 Å². The van der Waals surface area contributed by atoms with Crippen molar-refractivity contribution < 1.29 is 4.79 Å². The smallest absolute Gasteiger partial charge is 0.230 e. The minimum atomic E-state index is -0.601. The second kappa shape index (κ2) is 6.29. The zero-order valence-corrected chi connectivity index (χ0v) is 11.9. The summed E-state index contributed by atoms with van der Waals surface area (Å²) >= 11 is 0. The minimum Gasteiger partial charge on any atom is -0.399 e. The van der Waals surface area contributed by atoms with Gasteiger partial charge in [-0.05, 0) is 38.0 Å². The van der Waals surface area contributed by atoms with Gasteiger partial charge in [0.1, 0.15) is 0 Å². The Balaban J connectivity index is 2.84. The normalized spacial score (nSPS) is 12.5. The van der Waals surface area contributed by atoms with E-state index in [1.807, 2.05) is 45.0 Å². The summed E-state index contributed by atoms with van der Waals surface area (Å²) in [6.45, 7) is 5.81. The molecule has 1 rings (SSSR count). The van der Waals surface area contributed by atoms with Crippen molar-refractivity contribution in [3.63, 3.8) is 0 Å². The van der Waals surface area contributed by atoms with E-state index >= 15 is 0 Å². The first-order valence-corrected chi connectivity index (χ1v) is 6.52. The molecular weight excluding hydrogens is 236 g/mol. The fourth-order valence-electron chi connectivity index (χ4n) is 1.84. The number of anilines is 1. The maximum atomic E-state index is 12.4. The first-order valence-electron chi connectivity index (χ1n) is 6.52. The van der Waals surface area contributed by atoms with Crippen LogP contribution in [0.3, 0.4) is 0 Å². The standard InChI is InChI=1S/C16H22N2O/c1-5-7-14(6-2)18-15(19)16(3,4)12-8-10-13(17)11-9-12/h1,8-11,14H,6-7,17H2,2-4H3,(H,18,19). The predicted octanol–water partition coefficient (Wildman–Crippen LogP) is 2.46. The third-order valence-electron chi connectivity index (χ3n) is 3.39. The second-order valence-electron chi connectivity index (χ2n) is 5.23. The van der Waals surface area contributed by atoms with Crippen LogP contribution in [0.4, 0.5) is 5.69 Å². The topological polar surface area (TPSA) is 55.1 Å². The molecule has 0 radical (unpaired) electrons. The van der Waals surface area contributed by atoms with Gasteiger partial charge in [-0.1, -0.05) is 19.1 Å². The first kappa shape index (κ1) is 15.1. The molecule has 0 aliphatic heterocycles. The van der Waals surface area contributed by atoms with Gasteiger partial charge >= 0.3 is 0 Å². The highest BCUT2D eigenvalue weighted by Gasteiger charge is 2.30. The molecule has 0 bridgehead atoms. The summed E-state index contributed by atoms with van der Waals surface area (Å²) < 4.78 is 0. The van der Waals surface area contributed by atoms with Crippen molar-refractivity contribution in [3.8, 4) is 12.3 Å². The molecule has 1 aromatic carbocycles. The fourth-order valence-corrected chi connectivity index (χ4v) is 1.84. The quantitative estimate of drug-likeness (QED) is 0.629. The molecule has 3 N–H and O–H groups in total. The highest BCUT2D eigenvalue weighted by Crippen LogP contribution is 2.24. The van der Waals surface area contributed by atoms with E-state index in [2.05, 4.69) is 11.2 Å². The number of nitrogen functional groups attached to an aromatic ring is 1. The summed E-state index contributed by atoms with van der Waals surface area (Å²) in [5, 5.41) is 3.01. The molecule has 0 aliphatic carbocycles. The number of nitrogens with one attached hydrogen (secondary N) is 1. The lowest BCUT2D eigenvalue weighted by Gasteiger charge is -2.27. The Hall–Kier alpha value is -1.95. The van der Waals surface area contributed by atoms with Gasteiger partial charge in [-0.15, -0.1) is 12.3 Å². The predicted molar refractivity (Wildman–Crippen MR) is 79.6 cm³/mol. The fraction of sp³-hybridized carbons (Fsp3) is 0.438. The molecule has 0 aliphatic rings. The van der Waals surface area contributed by atoms with Crippen LogP contribution in [0.5, 0.6) is 0 Å². The Bertz CT molecular complexity index is 469. The Kier molecular flexibility index (Phi) is 5.00. The zero-order chi connectivity index (χ0) is 14.5. The van der Waals surface area contributed by atoms with Crippen LogP contribution >= 0.6 is 0 Å². The molecule has 102 valence electrons. The van der Waals surface area contributed by atoms with Crippen LogP contribution in [0.15, 0.2) is 24.3 Å². The molecule has 0 saturated heterocycles. The molecule has 0 heterocycles. The van der Waals surface area contributed by atoms with Gasteiger partial charge in [-0.2, -0.15) is 0 Å². The Labute approximate surface area is 115 Å². The summed E-state index contributed by atoms with van der Waals surface area (Å²) in [6.07, 6.45) is 6.69. The molecule has 0 saturated carbocycles. The largest absolute Gasteiger partial charge is 0.399 e. The molecule has 0 fully saturated rings. The number of hydrogen-bond donors (Lipinski definition) is 2. The van der Waals surface area contributed by atoms with Gasteiger partial charge in [0.2, 0.25) is 5.91 Å². The van der Waals surface area contributed by atoms with Crippen LogP contribution < -0.4 is 11.1 Å². The van der Waals surface area contributed by atoms with Gasteiger partial charge in [0, 0.05) is 18.2 Å². The highest BCUT2D eigenvalue weighted by atomic mass is 16.2. The molecule has 1 atom stereocenters. The highest BCUT2D eigenvalue weighted by molar-refractivity contribution is 5.87. The van der Waals surface area contributed by atoms with Gasteiger partial charge < -0.3 is 11.1 Å². The van der Waals surface area contributed by atoms with Crippen LogP contribution in [0.2, 0.25) is 0 Å². The van der Waals surface area contributed by atoms with Crippen LogP contribution in [-0.4, -0.2) is 11.9 Å². The van der Waals surface area contributed by atoms with E-state index in [1.54, 1.807) is 0 Å². The molecule has 0 aromatic heterocycles. The number of nitrogens with two attached hydrogens (primary N) is 1. The van der Waals surface area contributed by atoms with Gasteiger partial charge in [0.05, 0.1) is 5.41 Å². The minimum absolute atomic E-state index is 0.0145. The van der Waals surface area contributed by atoms with Crippen LogP contribution in [-0.2, 0) is 10.2 Å². The molecule has 1 aromatic rings. The van der Waals surface area contributed by atoms with Gasteiger partial charge in [-0.25, -0.2) is 0 Å². The zero-order valence-electron chi connectivity index (χ0n) is 11.9. The summed E-state index contributed by atoms with van der Waals surface area (Å²) in [6, 6.07) is 7.42. The van der Waals surface area contributed by atoms with Crippen LogP contribution in [0, 0.1) is 12.3 Å². The number of rotatable bonds is 5. The van der Waals surface area contributed by atoms with E-state index in [4.69, 9.17) is 12.2 Å². The summed E-state index contributed by atoms with van der Waals surface area (Å²) in [7, 11) is 0. The molecular formula is C16H22N2O. The average molecular weight is 258 g/mol. The number of benzene rings is 1. The van der Waals surface area contributed by atoms with Crippen molar-refractivity contribution in [1.82, 2.24) is 5.32 Å². The van der Waals surface area contributed by atoms with E-state index < -0.39 is 5.41 Å². The van der Waals surface area contributed by atoms with Gasteiger partial charge in [0.25, 0.3) is 0 Å². The maximum Gasteiger partial charge on any atom is 0.230 e. The lowest BCUT2D eigenvalue weighted by molar-refractivity contribution is -0.126. The van der Waals surface area contributed by atoms with Crippen molar-refractivity contribution in [3.05, 3.63) is 29.8 Å². The molecule has 1 amide bonds. The van der Waals surface area contributed by atoms with Crippen LogP contribution in [0.1, 0.15) is 39.2 Å². The first-order chi connectivity index (χ1) is 8.91. The molecule has 0 spiro atoms. The number of terminal acetylenes is 1. The summed E-state index contributed by atoms with van der Waals surface area (Å²) in [5.41, 5.74) is 6.70. The Morgan fingerprint density at radius 3 is 2.47 bits per heavy atom. The van der Waals surface area contributed by atoms with Crippen molar-refractivity contribution in [2.75, 3.05) is 5.73 Å². The van der Waals surface area contributed by atoms with E-state index in [0.29, 0.717) is 12.1 Å². The van der Waals surface area contributed by atoms with Crippen molar-refractivity contribution in [1.29, 1.82) is 0 Å². The lowest BCUT2D eigenvalue weighted by atomic mass is 9.83. The number of amides is 1. The Morgan fingerprint density at radius 2 is 2.00 bits per heavy atom. The van der Waals surface area contributed by atoms with E-state index in [9.17, 15) is 4.79 Å². The van der Waals surface area contributed by atoms with Gasteiger partial charge in [0.15, 0.2) is 0 Å². The second-order valence-corrected chi connectivity index (χ2v) is 5.23. The lowest BCUT2D eigenvalue weighted by Crippen LogP contribution is -2.44. The Morgan fingerprint density at radius 1 is 1.42 bits per heavy atom. The monoisotopic (exact) mass is 258 g/mol. The molecule has 3 heteroatoms. The van der Waals surface area contributed by atoms with E-state index in [0.717, 1.165) is 12.0 Å².